The Kier molecular flexibility index (Phi) is 19.2. The molecule has 0 aliphatic heterocycles. The normalized spacial score (nSPS) is 11.0. The Morgan fingerprint density at radius 1 is 0.139 bits per heavy atom. The van der Waals surface area contributed by atoms with Crippen molar-refractivity contribution in [3.05, 3.63) is 414 Å². The Morgan fingerprint density at radius 3 is 0.713 bits per heavy atom. The van der Waals surface area contributed by atoms with E-state index in [0.717, 1.165) is 117 Å². The largest absolute Gasteiger partial charge is 0.264 e. The summed E-state index contributed by atoms with van der Waals surface area (Å²) in [7, 11) is 0. The number of hydrogen-bond acceptors (Lipinski definition) is 8. The van der Waals surface area contributed by atoms with E-state index in [-0.39, 0.29) is 0 Å². The summed E-state index contributed by atoms with van der Waals surface area (Å²) in [5, 5.41) is 0. The van der Waals surface area contributed by atoms with E-state index in [0.29, 0.717) is 17.5 Å². The molecule has 0 saturated heterocycles. The Balaban J connectivity index is 0.000000162. The second kappa shape index (κ2) is 31.2. The van der Waals surface area contributed by atoms with Crippen LogP contribution in [0.4, 0.5) is 0 Å². The van der Waals surface area contributed by atoms with Gasteiger partial charge in [-0.25, -0.2) is 24.9 Å². The first-order chi connectivity index (χ1) is 53.5. The highest BCUT2D eigenvalue weighted by atomic mass is 15.0. The Bertz CT molecular complexity index is 5810. The van der Waals surface area contributed by atoms with Gasteiger partial charge < -0.3 is 0 Å². The van der Waals surface area contributed by atoms with Crippen molar-refractivity contribution in [1.82, 2.24) is 39.9 Å². The molecule has 0 aliphatic rings. The van der Waals surface area contributed by atoms with Crippen molar-refractivity contribution in [1.29, 1.82) is 0 Å². The van der Waals surface area contributed by atoms with Crippen LogP contribution >= 0.6 is 0 Å². The van der Waals surface area contributed by atoms with Gasteiger partial charge in [-0.05, 0) is 227 Å². The highest BCUT2D eigenvalue weighted by Crippen LogP contribution is 2.40. The lowest BCUT2D eigenvalue weighted by atomic mass is 9.91. The molecule has 0 N–H and O–H groups in total. The van der Waals surface area contributed by atoms with Crippen molar-refractivity contribution < 1.29 is 0 Å². The van der Waals surface area contributed by atoms with Crippen molar-refractivity contribution in [3.8, 4) is 179 Å². The number of hydrogen-bond donors (Lipinski definition) is 0. The summed E-state index contributed by atoms with van der Waals surface area (Å²) in [4.78, 5) is 37.2. The molecule has 18 rings (SSSR count). The monoisotopic (exact) mass is 1380 g/mol. The first-order valence-electron chi connectivity index (χ1n) is 36.0. The van der Waals surface area contributed by atoms with Gasteiger partial charge in [0, 0.05) is 76.1 Å². The number of nitrogens with zero attached hydrogens (tertiary/aromatic N) is 8. The van der Waals surface area contributed by atoms with Gasteiger partial charge in [0.1, 0.15) is 6.33 Å². The van der Waals surface area contributed by atoms with Gasteiger partial charge >= 0.3 is 0 Å². The van der Waals surface area contributed by atoms with Crippen LogP contribution in [0.2, 0.25) is 0 Å². The van der Waals surface area contributed by atoms with Gasteiger partial charge in [-0.1, -0.05) is 255 Å². The Labute approximate surface area is 628 Å². The van der Waals surface area contributed by atoms with Gasteiger partial charge in [0.05, 0.1) is 11.4 Å². The van der Waals surface area contributed by atoms with Crippen LogP contribution in [0.3, 0.4) is 0 Å². The minimum Gasteiger partial charge on any atom is -0.264 e. The molecule has 8 nitrogen and oxygen atoms in total. The molecule has 0 amide bonds. The lowest BCUT2D eigenvalue weighted by molar-refractivity contribution is 1.07. The summed E-state index contributed by atoms with van der Waals surface area (Å²) in [6, 6.07) is 130. The molecule has 5 heterocycles. The number of pyridine rings is 3. The van der Waals surface area contributed by atoms with Crippen LogP contribution in [-0.2, 0) is 0 Å². The van der Waals surface area contributed by atoms with E-state index in [4.69, 9.17) is 15.0 Å². The number of rotatable bonds is 16. The quantitative estimate of drug-likeness (QED) is 0.0943. The smallest absolute Gasteiger partial charge is 0.164 e. The Hall–Kier alpha value is -14.6. The van der Waals surface area contributed by atoms with Crippen LogP contribution in [0.5, 0.6) is 0 Å². The molecule has 13 aromatic carbocycles. The molecule has 0 unspecified atom stereocenters. The molecular formula is C100H68N8. The summed E-state index contributed by atoms with van der Waals surface area (Å²) in [6.45, 7) is 0. The average molecular weight is 1380 g/mol. The topological polar surface area (TPSA) is 103 Å². The summed E-state index contributed by atoms with van der Waals surface area (Å²) >= 11 is 0. The molecule has 5 aromatic heterocycles. The third-order valence-corrected chi connectivity index (χ3v) is 19.3. The van der Waals surface area contributed by atoms with Crippen LogP contribution < -0.4 is 0 Å². The molecule has 0 radical (unpaired) electrons. The van der Waals surface area contributed by atoms with Gasteiger partial charge in [0.15, 0.2) is 17.5 Å². The maximum Gasteiger partial charge on any atom is 0.164 e. The third-order valence-electron chi connectivity index (χ3n) is 19.3. The molecule has 0 atom stereocenters. The van der Waals surface area contributed by atoms with Crippen LogP contribution in [0, 0.1) is 0 Å². The fourth-order valence-corrected chi connectivity index (χ4v) is 13.8. The maximum atomic E-state index is 5.14. The fraction of sp³-hybridized carbons (Fsp3) is 0. The second-order valence-corrected chi connectivity index (χ2v) is 26.4. The molecular weight excluding hydrogens is 1310 g/mol. The predicted molar refractivity (Wildman–Crippen MR) is 442 cm³/mol. The molecule has 8 heteroatoms. The van der Waals surface area contributed by atoms with E-state index >= 15 is 0 Å². The summed E-state index contributed by atoms with van der Waals surface area (Å²) in [5.41, 5.74) is 31.6. The van der Waals surface area contributed by atoms with Crippen molar-refractivity contribution >= 4 is 0 Å². The van der Waals surface area contributed by atoms with Gasteiger partial charge in [0.25, 0.3) is 0 Å². The third kappa shape index (κ3) is 15.2. The number of benzene rings is 13. The van der Waals surface area contributed by atoms with E-state index in [1.54, 1.807) is 6.33 Å². The first kappa shape index (κ1) is 66.6. The molecule has 0 spiro atoms. The van der Waals surface area contributed by atoms with Crippen molar-refractivity contribution in [2.45, 2.75) is 0 Å². The van der Waals surface area contributed by atoms with Crippen LogP contribution in [0.1, 0.15) is 0 Å². The van der Waals surface area contributed by atoms with Crippen LogP contribution in [-0.4, -0.2) is 39.9 Å². The summed E-state index contributed by atoms with van der Waals surface area (Å²) in [6.07, 6.45) is 12.7. The van der Waals surface area contributed by atoms with E-state index in [2.05, 4.69) is 292 Å². The standard InChI is InChI=1S/C55H37N5.C45H31N3/c1-3-15-38(16-4-1)53-58-54(39-17-5-2-6-18-39)60-55(59-53)50-36-48(44-23-11-19-40(31-44)42-21-13-25-46(33-42)51-27-7-9-29-56-51)35-49(37-50)45-24-12-20-41(32-45)43-22-14-26-47(34-43)52-28-8-10-30-57-52;1-2-9-32(10-3-1)42-25-43(38-16-5-12-34(22-38)33-11-4-15-37(21-33)41-19-8-20-46-28-41)27-44(26-42)39-17-6-13-35(23-39)36-14-7-18-40(24-36)45-29-47-31-48-30-45/h1-37H;1-31H. The van der Waals surface area contributed by atoms with Gasteiger partial charge in [-0.3, -0.25) is 15.0 Å². The Morgan fingerprint density at radius 2 is 0.380 bits per heavy atom. The summed E-state index contributed by atoms with van der Waals surface area (Å²) < 4.78 is 0. The minimum atomic E-state index is 0.601. The molecule has 18 aromatic rings. The zero-order valence-electron chi connectivity index (χ0n) is 58.8. The van der Waals surface area contributed by atoms with Crippen LogP contribution in [0.15, 0.2) is 414 Å². The van der Waals surface area contributed by atoms with Gasteiger partial charge in [0.2, 0.25) is 0 Å². The van der Waals surface area contributed by atoms with E-state index in [1.165, 1.54) is 44.5 Å². The predicted octanol–water partition coefficient (Wildman–Crippen LogP) is 25.2. The first-order valence-corrected chi connectivity index (χ1v) is 36.0. The molecule has 508 valence electrons. The zero-order chi connectivity index (χ0) is 72.2. The molecule has 0 aliphatic carbocycles. The SMILES string of the molecule is c1ccc(-c2cc(-c3cccc(-c4cccc(-c5cccnc5)c4)c3)cc(-c3cccc(-c4cccc(-c5cncnc5)c4)c3)c2)cc1.c1ccc(-c2nc(-c3ccccc3)nc(-c3cc(-c4cccc(-c5cccc(-c6ccccn6)c5)c4)cc(-c4cccc(-c5cccc(-c6ccccn6)c5)c4)c3)n2)cc1. The van der Waals surface area contributed by atoms with E-state index in [1.807, 2.05) is 140 Å². The van der Waals surface area contributed by atoms with E-state index < -0.39 is 0 Å². The van der Waals surface area contributed by atoms with Crippen molar-refractivity contribution in [2.75, 3.05) is 0 Å². The molecule has 108 heavy (non-hydrogen) atoms. The van der Waals surface area contributed by atoms with Gasteiger partial charge in [-0.15, -0.1) is 0 Å². The molecule has 0 bridgehead atoms. The minimum absolute atomic E-state index is 0.601. The second-order valence-electron chi connectivity index (χ2n) is 26.4. The average Bonchev–Trinajstić information content (AvgIpc) is 0.785. The fourth-order valence-electron chi connectivity index (χ4n) is 13.8. The highest BCUT2D eigenvalue weighted by Gasteiger charge is 2.18. The molecule has 0 fully saturated rings. The lowest BCUT2D eigenvalue weighted by Gasteiger charge is -2.14. The van der Waals surface area contributed by atoms with Gasteiger partial charge in [-0.2, -0.15) is 0 Å². The lowest BCUT2D eigenvalue weighted by Crippen LogP contribution is -2.00. The highest BCUT2D eigenvalue weighted by molar-refractivity contribution is 5.88. The van der Waals surface area contributed by atoms with Crippen molar-refractivity contribution in [2.24, 2.45) is 0 Å². The maximum absolute atomic E-state index is 5.14. The van der Waals surface area contributed by atoms with E-state index in [9.17, 15) is 0 Å². The summed E-state index contributed by atoms with van der Waals surface area (Å²) in [5.74, 6) is 1.84. The van der Waals surface area contributed by atoms with Crippen molar-refractivity contribution in [3.63, 3.8) is 0 Å². The number of aromatic nitrogens is 8. The van der Waals surface area contributed by atoms with Crippen LogP contribution in [0.25, 0.3) is 179 Å². The molecule has 0 saturated carbocycles. The zero-order valence-corrected chi connectivity index (χ0v) is 58.8.